The molecular formula is C20H16BrIN4O3. The van der Waals surface area contributed by atoms with E-state index in [1.54, 1.807) is 6.21 Å². The van der Waals surface area contributed by atoms with E-state index in [1.807, 2.05) is 12.1 Å². The molecule has 148 valence electrons. The van der Waals surface area contributed by atoms with Gasteiger partial charge in [-0.3, -0.25) is 15.5 Å². The minimum absolute atomic E-state index is 0.0701. The van der Waals surface area contributed by atoms with Gasteiger partial charge in [-0.25, -0.2) is 4.98 Å². The largest absolute Gasteiger partial charge is 0.487 e. The van der Waals surface area contributed by atoms with Crippen LogP contribution in [0, 0.1) is 20.6 Å². The van der Waals surface area contributed by atoms with Gasteiger partial charge in [-0.05, 0) is 74.8 Å². The van der Waals surface area contributed by atoms with Gasteiger partial charge >= 0.3 is 0 Å². The summed E-state index contributed by atoms with van der Waals surface area (Å²) in [5, 5.41) is 14.8. The number of benzene rings is 2. The summed E-state index contributed by atoms with van der Waals surface area (Å²) >= 11 is 5.77. The molecule has 1 heterocycles. The highest BCUT2D eigenvalue weighted by molar-refractivity contribution is 14.1. The van der Waals surface area contributed by atoms with Crippen molar-refractivity contribution in [2.24, 2.45) is 5.10 Å². The molecule has 0 atom stereocenters. The first-order chi connectivity index (χ1) is 13.9. The van der Waals surface area contributed by atoms with Gasteiger partial charge in [0.05, 0.1) is 19.2 Å². The summed E-state index contributed by atoms with van der Waals surface area (Å²) in [4.78, 5) is 14.1. The molecule has 2 aromatic carbocycles. The van der Waals surface area contributed by atoms with Crippen LogP contribution in [0.5, 0.6) is 5.75 Å². The number of nitro groups is 1. The number of hydrazone groups is 1. The molecule has 0 aliphatic heterocycles. The summed E-state index contributed by atoms with van der Waals surface area (Å²) in [5.41, 5.74) is 5.85. The SMILES string of the molecule is Cc1ccc(COc2c(Br)cc(/C=N/Nc3ccc([N+](=O)[O-])cn3)cc2I)cc1. The highest BCUT2D eigenvalue weighted by Gasteiger charge is 2.09. The first-order valence-corrected chi connectivity index (χ1v) is 10.4. The van der Waals surface area contributed by atoms with Crippen LogP contribution in [0.3, 0.4) is 0 Å². The van der Waals surface area contributed by atoms with E-state index in [4.69, 9.17) is 4.74 Å². The fourth-order valence-corrected chi connectivity index (χ4v) is 4.13. The van der Waals surface area contributed by atoms with Gasteiger partial charge in [0.15, 0.2) is 0 Å². The van der Waals surface area contributed by atoms with Crippen LogP contribution in [0.15, 0.2) is 64.3 Å². The number of nitrogens with zero attached hydrogens (tertiary/aromatic N) is 3. The first kappa shape index (κ1) is 21.2. The van der Waals surface area contributed by atoms with E-state index < -0.39 is 4.92 Å². The molecule has 0 saturated carbocycles. The van der Waals surface area contributed by atoms with Crippen LogP contribution >= 0.6 is 38.5 Å². The number of pyridine rings is 1. The molecule has 0 bridgehead atoms. The molecule has 7 nitrogen and oxygen atoms in total. The van der Waals surface area contributed by atoms with Crippen LogP contribution in [-0.2, 0) is 6.61 Å². The Labute approximate surface area is 189 Å². The zero-order chi connectivity index (χ0) is 20.8. The maximum atomic E-state index is 10.6. The molecular weight excluding hydrogens is 551 g/mol. The van der Waals surface area contributed by atoms with E-state index >= 15 is 0 Å². The molecule has 0 fully saturated rings. The lowest BCUT2D eigenvalue weighted by Crippen LogP contribution is -1.99. The van der Waals surface area contributed by atoms with E-state index in [1.165, 1.54) is 23.9 Å². The van der Waals surface area contributed by atoms with Gasteiger partial charge in [-0.1, -0.05) is 29.8 Å². The summed E-state index contributed by atoms with van der Waals surface area (Å²) in [6.45, 7) is 2.53. The van der Waals surface area contributed by atoms with Crippen molar-refractivity contribution in [2.45, 2.75) is 13.5 Å². The Balaban J connectivity index is 1.64. The summed E-state index contributed by atoms with van der Waals surface area (Å²) in [5.74, 6) is 1.19. The third kappa shape index (κ3) is 5.97. The molecule has 0 aliphatic rings. The lowest BCUT2D eigenvalue weighted by molar-refractivity contribution is -0.385. The number of aryl methyl sites for hydroxylation is 1. The fourth-order valence-electron chi connectivity index (χ4n) is 2.36. The lowest BCUT2D eigenvalue weighted by Gasteiger charge is -2.11. The van der Waals surface area contributed by atoms with Gasteiger partial charge in [0.25, 0.3) is 5.69 Å². The van der Waals surface area contributed by atoms with E-state index in [2.05, 4.69) is 85.2 Å². The topological polar surface area (TPSA) is 89.6 Å². The van der Waals surface area contributed by atoms with E-state index in [-0.39, 0.29) is 5.69 Å². The van der Waals surface area contributed by atoms with Crippen LogP contribution in [0.1, 0.15) is 16.7 Å². The molecule has 0 aliphatic carbocycles. The summed E-state index contributed by atoms with van der Waals surface area (Å²) in [6, 6.07) is 14.9. The van der Waals surface area contributed by atoms with Gasteiger partial charge in [-0.2, -0.15) is 5.10 Å². The Bertz CT molecular complexity index is 1020. The first-order valence-electron chi connectivity index (χ1n) is 8.49. The highest BCUT2D eigenvalue weighted by Crippen LogP contribution is 2.32. The van der Waals surface area contributed by atoms with Crippen molar-refractivity contribution >= 4 is 56.2 Å². The number of halogens is 2. The maximum absolute atomic E-state index is 10.6. The predicted octanol–water partition coefficient (Wildman–Crippen LogP) is 5.69. The second-order valence-electron chi connectivity index (χ2n) is 6.12. The second-order valence-corrected chi connectivity index (χ2v) is 8.13. The molecule has 3 aromatic rings. The number of hydrogen-bond acceptors (Lipinski definition) is 6. The molecule has 0 spiro atoms. The molecule has 0 unspecified atom stereocenters. The normalized spacial score (nSPS) is 10.9. The Kier molecular flexibility index (Phi) is 7.15. The number of ether oxygens (including phenoxy) is 1. The predicted molar refractivity (Wildman–Crippen MR) is 124 cm³/mol. The van der Waals surface area contributed by atoms with Crippen molar-refractivity contribution < 1.29 is 9.66 Å². The van der Waals surface area contributed by atoms with Gasteiger partial charge in [-0.15, -0.1) is 0 Å². The third-order valence-corrected chi connectivity index (χ3v) is 5.27. The van der Waals surface area contributed by atoms with Crippen molar-refractivity contribution in [3.05, 3.63) is 89.6 Å². The van der Waals surface area contributed by atoms with Gasteiger partial charge in [0.2, 0.25) is 0 Å². The molecule has 1 aromatic heterocycles. The summed E-state index contributed by atoms with van der Waals surface area (Å²) in [7, 11) is 0. The van der Waals surface area contributed by atoms with Crippen molar-refractivity contribution in [2.75, 3.05) is 5.43 Å². The molecule has 29 heavy (non-hydrogen) atoms. The average molecular weight is 567 g/mol. The molecule has 3 rings (SSSR count). The average Bonchev–Trinajstić information content (AvgIpc) is 2.69. The summed E-state index contributed by atoms with van der Waals surface area (Å²) in [6.07, 6.45) is 2.82. The number of anilines is 1. The Morgan fingerprint density at radius 3 is 2.66 bits per heavy atom. The van der Waals surface area contributed by atoms with E-state index in [9.17, 15) is 10.1 Å². The fraction of sp³-hybridized carbons (Fsp3) is 0.100. The number of hydrogen-bond donors (Lipinski definition) is 1. The van der Waals surface area contributed by atoms with Crippen molar-refractivity contribution in [1.29, 1.82) is 0 Å². The number of nitrogens with one attached hydrogen (secondary N) is 1. The third-order valence-electron chi connectivity index (χ3n) is 3.88. The van der Waals surface area contributed by atoms with Crippen molar-refractivity contribution in [1.82, 2.24) is 4.98 Å². The summed E-state index contributed by atoms with van der Waals surface area (Å²) < 4.78 is 7.74. The Hall–Kier alpha value is -2.53. The minimum Gasteiger partial charge on any atom is -0.487 e. The van der Waals surface area contributed by atoms with Gasteiger partial charge in [0.1, 0.15) is 24.4 Å². The van der Waals surface area contributed by atoms with Crippen molar-refractivity contribution in [3.8, 4) is 5.75 Å². The molecule has 1 N–H and O–H groups in total. The number of aromatic nitrogens is 1. The van der Waals surface area contributed by atoms with E-state index in [0.717, 1.165) is 24.9 Å². The van der Waals surface area contributed by atoms with Crippen LogP contribution < -0.4 is 10.2 Å². The van der Waals surface area contributed by atoms with Crippen LogP contribution in [-0.4, -0.2) is 16.1 Å². The zero-order valence-electron chi connectivity index (χ0n) is 15.3. The Morgan fingerprint density at radius 1 is 1.28 bits per heavy atom. The van der Waals surface area contributed by atoms with Gasteiger partial charge < -0.3 is 4.74 Å². The molecule has 0 saturated heterocycles. The maximum Gasteiger partial charge on any atom is 0.287 e. The van der Waals surface area contributed by atoms with Crippen molar-refractivity contribution in [3.63, 3.8) is 0 Å². The zero-order valence-corrected chi connectivity index (χ0v) is 19.0. The smallest absolute Gasteiger partial charge is 0.287 e. The molecule has 0 radical (unpaired) electrons. The second kappa shape index (κ2) is 9.79. The molecule has 9 heteroatoms. The Morgan fingerprint density at radius 2 is 2.03 bits per heavy atom. The van der Waals surface area contributed by atoms with Crippen LogP contribution in [0.4, 0.5) is 11.5 Å². The minimum atomic E-state index is -0.498. The highest BCUT2D eigenvalue weighted by atomic mass is 127. The quantitative estimate of drug-likeness (QED) is 0.172. The standard InChI is InChI=1S/C20H16BrIN4O3/c1-13-2-4-14(5-3-13)12-29-20-17(21)8-15(9-18(20)22)10-24-25-19-7-6-16(11-23-19)26(27)28/h2-11H,12H2,1H3,(H,23,25)/b24-10+. The van der Waals surface area contributed by atoms with Crippen LogP contribution in [0.2, 0.25) is 0 Å². The van der Waals surface area contributed by atoms with E-state index in [0.29, 0.717) is 12.4 Å². The lowest BCUT2D eigenvalue weighted by atomic mass is 10.2. The number of rotatable bonds is 7. The van der Waals surface area contributed by atoms with Crippen LogP contribution in [0.25, 0.3) is 0 Å². The monoisotopic (exact) mass is 566 g/mol. The molecule has 0 amide bonds. The van der Waals surface area contributed by atoms with Gasteiger partial charge in [0, 0.05) is 6.07 Å².